The molecule has 0 bridgehead atoms. The average Bonchev–Trinajstić information content (AvgIpc) is 3.66. The van der Waals surface area contributed by atoms with Crippen LogP contribution >= 0.6 is 12.6 Å². The van der Waals surface area contributed by atoms with Gasteiger partial charge in [-0.05, 0) is 128 Å². The van der Waals surface area contributed by atoms with Crippen LogP contribution in [0.4, 0.5) is 0 Å². The largest absolute Gasteiger partial charge is 0.356 e. The van der Waals surface area contributed by atoms with E-state index in [9.17, 15) is 93.6 Å². The SMILES string of the molecule is CC(=O)N(O)CCCCCNC(=O)CCC(=O)N(O)CCCCCNC(=O)CCC(=O)N(O)CCCCCNC(=O)CCC(=O)NC(CCS)C(=O)NCCCCCN(O)C(=O)CCC(=O)NCCCCCN(O)C(=O)CCC(=O)NCCCCCN(O)C(C)=O. The molecule has 0 rings (SSSR count). The molecule has 0 aromatic carbocycles. The summed E-state index contributed by atoms with van der Waals surface area (Å²) in [5, 5.41) is 81.3. The number of carbonyl (C=O) groups is 13. The fourth-order valence-electron chi connectivity index (χ4n) is 8.40. The van der Waals surface area contributed by atoms with Gasteiger partial charge in [-0.15, -0.1) is 0 Å². The molecule has 0 saturated carbocycles. The van der Waals surface area contributed by atoms with Crippen LogP contribution in [0.25, 0.3) is 0 Å². The second-order valence-corrected chi connectivity index (χ2v) is 22.3. The first-order valence-corrected chi connectivity index (χ1v) is 32.4. The Morgan fingerprint density at radius 3 is 0.758 bits per heavy atom. The third-order valence-corrected chi connectivity index (χ3v) is 14.2. The standard InChI is InChI=1S/C58H105N13O19S/c1-45(72)66(85)38-15-3-9-33-60-49(75)23-27-54(80)69(88)41-18-6-12-35-62-51(77)25-29-56(82)68(87)40-17-5-11-32-59-48(74)21-22-53(79)65-47(31-44-91)58(84)64-37-14-8-20-43-71(90)57(83)30-26-52(78)63-36-13-7-19-42-70(89)55(81)28-24-50(76)61-34-10-4-16-39-67(86)46(2)73/h47,85-91H,3-44H2,1-2H3,(H,59,74)(H,60,75)(H,61,76)(H,62,77)(H,63,78)(H,64,84)(H,65,79). The Kier molecular flexibility index (Phi) is 49.8. The van der Waals surface area contributed by atoms with Gasteiger partial charge in [0.1, 0.15) is 6.04 Å². The van der Waals surface area contributed by atoms with Crippen LogP contribution in [0, 0.1) is 0 Å². The number of rotatable bonds is 55. The van der Waals surface area contributed by atoms with Crippen LogP contribution in [0.15, 0.2) is 0 Å². The third-order valence-electron chi connectivity index (χ3n) is 14.0. The first-order chi connectivity index (χ1) is 43.4. The Morgan fingerprint density at radius 2 is 0.516 bits per heavy atom. The van der Waals surface area contributed by atoms with Crippen LogP contribution in [0.2, 0.25) is 0 Å². The number of carbonyl (C=O) groups excluding carboxylic acids is 13. The predicted molar refractivity (Wildman–Crippen MR) is 330 cm³/mol. The van der Waals surface area contributed by atoms with Crippen molar-refractivity contribution < 1.29 is 93.6 Å². The maximum Gasteiger partial charge on any atom is 0.246 e. The van der Waals surface area contributed by atoms with Gasteiger partial charge >= 0.3 is 0 Å². The van der Waals surface area contributed by atoms with Gasteiger partial charge in [0.05, 0.1) is 0 Å². The van der Waals surface area contributed by atoms with Crippen molar-refractivity contribution in [1.82, 2.24) is 67.6 Å². The maximum absolute atomic E-state index is 12.9. The van der Waals surface area contributed by atoms with Crippen LogP contribution < -0.4 is 37.2 Å². The molecule has 0 aliphatic carbocycles. The second kappa shape index (κ2) is 53.8. The summed E-state index contributed by atoms with van der Waals surface area (Å²) in [6.07, 6.45) is 8.54. The molecule has 0 heterocycles. The molecule has 1 unspecified atom stereocenters. The molecule has 0 aliphatic rings. The molecule has 522 valence electrons. The monoisotopic (exact) mass is 1320 g/mol. The summed E-state index contributed by atoms with van der Waals surface area (Å²) in [7, 11) is 0. The fraction of sp³-hybridized carbons (Fsp3) is 0.776. The van der Waals surface area contributed by atoms with E-state index in [1.807, 2.05) is 0 Å². The zero-order valence-corrected chi connectivity index (χ0v) is 54.3. The number of hydrogen-bond acceptors (Lipinski definition) is 20. The summed E-state index contributed by atoms with van der Waals surface area (Å²) in [6.45, 7) is 4.94. The van der Waals surface area contributed by atoms with Crippen molar-refractivity contribution in [2.75, 3.05) is 84.3 Å². The van der Waals surface area contributed by atoms with E-state index in [-0.39, 0.29) is 153 Å². The highest BCUT2D eigenvalue weighted by atomic mass is 32.1. The summed E-state index contributed by atoms with van der Waals surface area (Å²) in [4.78, 5) is 157. The van der Waals surface area contributed by atoms with Gasteiger partial charge in [0.15, 0.2) is 0 Å². The van der Waals surface area contributed by atoms with Crippen molar-refractivity contribution in [1.29, 1.82) is 0 Å². The molecule has 0 aliphatic heterocycles. The third kappa shape index (κ3) is 47.8. The molecule has 0 saturated heterocycles. The molecule has 32 nitrogen and oxygen atoms in total. The van der Waals surface area contributed by atoms with Crippen LogP contribution in [0.5, 0.6) is 0 Å². The molecule has 1 atom stereocenters. The van der Waals surface area contributed by atoms with Gasteiger partial charge in [0, 0.05) is 157 Å². The van der Waals surface area contributed by atoms with Crippen molar-refractivity contribution in [3.05, 3.63) is 0 Å². The number of unbranched alkanes of at least 4 members (excludes halogenated alkanes) is 12. The lowest BCUT2D eigenvalue weighted by molar-refractivity contribution is -0.166. The van der Waals surface area contributed by atoms with Crippen LogP contribution in [-0.4, -0.2) is 229 Å². The molecular weight excluding hydrogens is 1210 g/mol. The first-order valence-electron chi connectivity index (χ1n) is 31.8. The van der Waals surface area contributed by atoms with E-state index in [1.54, 1.807) is 0 Å². The zero-order chi connectivity index (χ0) is 68.2. The van der Waals surface area contributed by atoms with Gasteiger partial charge in [-0.3, -0.25) is 93.6 Å². The number of hydroxylamine groups is 12. The molecule has 0 aromatic heterocycles. The van der Waals surface area contributed by atoms with Crippen molar-refractivity contribution in [3.8, 4) is 0 Å². The predicted octanol–water partition coefficient (Wildman–Crippen LogP) is 1.76. The summed E-state index contributed by atoms with van der Waals surface area (Å²) >= 11 is 4.19. The Hall–Kier alpha value is -6.78. The Morgan fingerprint density at radius 1 is 0.297 bits per heavy atom. The number of thiol groups is 1. The van der Waals surface area contributed by atoms with E-state index in [0.717, 1.165) is 0 Å². The smallest absolute Gasteiger partial charge is 0.246 e. The van der Waals surface area contributed by atoms with E-state index < -0.39 is 53.3 Å². The minimum Gasteiger partial charge on any atom is -0.356 e. The molecule has 0 fully saturated rings. The molecule has 33 heteroatoms. The van der Waals surface area contributed by atoms with Crippen LogP contribution in [-0.2, 0) is 62.3 Å². The lowest BCUT2D eigenvalue weighted by Gasteiger charge is -2.18. The van der Waals surface area contributed by atoms with E-state index in [4.69, 9.17) is 0 Å². The van der Waals surface area contributed by atoms with Crippen LogP contribution in [0.1, 0.15) is 200 Å². The van der Waals surface area contributed by atoms with Gasteiger partial charge in [-0.2, -0.15) is 12.6 Å². The lowest BCUT2D eigenvalue weighted by atomic mass is 10.1. The Labute approximate surface area is 539 Å². The minimum atomic E-state index is -0.886. The van der Waals surface area contributed by atoms with Crippen molar-refractivity contribution in [2.45, 2.75) is 206 Å². The lowest BCUT2D eigenvalue weighted by Crippen LogP contribution is -2.47. The minimum absolute atomic E-state index is 0.00895. The highest BCUT2D eigenvalue weighted by molar-refractivity contribution is 7.80. The zero-order valence-electron chi connectivity index (χ0n) is 53.4. The van der Waals surface area contributed by atoms with Gasteiger partial charge < -0.3 is 37.2 Å². The topological polar surface area (TPSA) is 447 Å². The van der Waals surface area contributed by atoms with E-state index in [0.29, 0.717) is 178 Å². The second-order valence-electron chi connectivity index (χ2n) is 21.9. The number of nitrogens with zero attached hydrogens (tertiary/aromatic N) is 6. The molecule has 91 heavy (non-hydrogen) atoms. The molecule has 0 radical (unpaired) electrons. The fourth-order valence-corrected chi connectivity index (χ4v) is 8.66. The highest BCUT2D eigenvalue weighted by Crippen LogP contribution is 2.08. The number of nitrogens with one attached hydrogen (secondary N) is 7. The quantitative estimate of drug-likeness (QED) is 0.0178. The van der Waals surface area contributed by atoms with Crippen molar-refractivity contribution >= 4 is 89.4 Å². The average molecular weight is 1320 g/mol. The van der Waals surface area contributed by atoms with Gasteiger partial charge in [0.2, 0.25) is 76.8 Å². The Bertz CT molecular complexity index is 2210. The van der Waals surface area contributed by atoms with Gasteiger partial charge in [-0.25, -0.2) is 30.4 Å². The molecule has 13 amide bonds. The van der Waals surface area contributed by atoms with E-state index >= 15 is 0 Å². The van der Waals surface area contributed by atoms with Crippen molar-refractivity contribution in [2.24, 2.45) is 0 Å². The van der Waals surface area contributed by atoms with Gasteiger partial charge in [0.25, 0.3) is 0 Å². The maximum atomic E-state index is 12.9. The van der Waals surface area contributed by atoms with E-state index in [1.165, 1.54) is 13.8 Å². The molecule has 0 aromatic rings. The van der Waals surface area contributed by atoms with Gasteiger partial charge in [-0.1, -0.05) is 0 Å². The summed E-state index contributed by atoms with van der Waals surface area (Å²) in [5.41, 5.74) is 0. The van der Waals surface area contributed by atoms with Crippen LogP contribution in [0.3, 0.4) is 0 Å². The summed E-state index contributed by atoms with van der Waals surface area (Å²) in [5.74, 6) is -5.81. The summed E-state index contributed by atoms with van der Waals surface area (Å²) < 4.78 is 0. The van der Waals surface area contributed by atoms with Crippen molar-refractivity contribution in [3.63, 3.8) is 0 Å². The van der Waals surface area contributed by atoms with E-state index in [2.05, 4.69) is 49.8 Å². The normalized spacial score (nSPS) is 11.1. The first kappa shape index (κ1) is 84.2. The number of amides is 13. The summed E-state index contributed by atoms with van der Waals surface area (Å²) in [6, 6.07) is -0.886. The molecular formula is C58H105N13O19S. The Balaban J connectivity index is 4.06. The highest BCUT2D eigenvalue weighted by Gasteiger charge is 2.22. The molecule has 13 N–H and O–H groups in total. The number of hydrogen-bond donors (Lipinski definition) is 14. The molecule has 0 spiro atoms.